The van der Waals surface area contributed by atoms with Crippen molar-refractivity contribution in [3.8, 4) is 0 Å². The molecule has 0 aliphatic rings. The van der Waals surface area contributed by atoms with Crippen LogP contribution in [0.5, 0.6) is 0 Å². The number of carbonyl (C=O) groups excluding carboxylic acids is 2. The van der Waals surface area contributed by atoms with E-state index in [1.54, 1.807) is 30.5 Å². The monoisotopic (exact) mass is 356 g/mol. The number of nitrogens with one attached hydrogen (secondary N) is 3. The van der Waals surface area contributed by atoms with Crippen LogP contribution in [0.4, 0.5) is 0 Å². The standard InChI is InChI=1S/C17H16N4O3S/c1-10-18-6-11(25-10)7-20-15(22)9-21-17(24)13-8-19-14-5-3-2-4-12(14)16(13)23/h2-6,8H,7,9H2,1H3,(H,19,23)(H,20,22)(H,21,24). The van der Waals surface area contributed by atoms with Crippen molar-refractivity contribution in [2.45, 2.75) is 13.5 Å². The van der Waals surface area contributed by atoms with Crippen LogP contribution in [0.2, 0.25) is 0 Å². The molecule has 0 aliphatic carbocycles. The highest BCUT2D eigenvalue weighted by Gasteiger charge is 2.13. The molecule has 0 bridgehead atoms. The molecule has 3 aromatic rings. The number of rotatable bonds is 5. The van der Waals surface area contributed by atoms with Gasteiger partial charge < -0.3 is 15.6 Å². The molecule has 8 heteroatoms. The molecule has 128 valence electrons. The molecule has 2 aromatic heterocycles. The van der Waals surface area contributed by atoms with Gasteiger partial charge in [-0.05, 0) is 19.1 Å². The molecule has 1 aromatic carbocycles. The number of aryl methyl sites for hydroxylation is 1. The van der Waals surface area contributed by atoms with Gasteiger partial charge in [-0.3, -0.25) is 14.4 Å². The Bertz CT molecular complexity index is 993. The Kier molecular flexibility index (Phi) is 4.90. The van der Waals surface area contributed by atoms with E-state index in [4.69, 9.17) is 0 Å². The summed E-state index contributed by atoms with van der Waals surface area (Å²) in [6, 6.07) is 6.93. The number of benzene rings is 1. The van der Waals surface area contributed by atoms with Crippen LogP contribution in [0.15, 0.2) is 41.5 Å². The largest absolute Gasteiger partial charge is 0.360 e. The van der Waals surface area contributed by atoms with Gasteiger partial charge in [-0.25, -0.2) is 4.98 Å². The molecule has 0 saturated heterocycles. The summed E-state index contributed by atoms with van der Waals surface area (Å²) in [6.45, 7) is 2.04. The molecule has 25 heavy (non-hydrogen) atoms. The lowest BCUT2D eigenvalue weighted by atomic mass is 10.1. The quantitative estimate of drug-likeness (QED) is 0.642. The van der Waals surface area contributed by atoms with Gasteiger partial charge in [0, 0.05) is 28.2 Å². The Labute approximate surface area is 147 Å². The zero-order chi connectivity index (χ0) is 17.8. The molecular formula is C17H16N4O3S. The van der Waals surface area contributed by atoms with Crippen molar-refractivity contribution < 1.29 is 9.59 Å². The molecule has 3 rings (SSSR count). The Morgan fingerprint density at radius 3 is 2.80 bits per heavy atom. The summed E-state index contributed by atoms with van der Waals surface area (Å²) in [5.41, 5.74) is 0.263. The van der Waals surface area contributed by atoms with Crippen LogP contribution in [0.1, 0.15) is 20.2 Å². The van der Waals surface area contributed by atoms with Gasteiger partial charge in [0.15, 0.2) is 0 Å². The first-order valence-electron chi connectivity index (χ1n) is 7.61. The fourth-order valence-electron chi connectivity index (χ4n) is 2.33. The molecule has 3 N–H and O–H groups in total. The van der Waals surface area contributed by atoms with Gasteiger partial charge in [0.25, 0.3) is 5.91 Å². The van der Waals surface area contributed by atoms with Crippen LogP contribution >= 0.6 is 11.3 Å². The third-order valence-corrected chi connectivity index (χ3v) is 4.48. The van der Waals surface area contributed by atoms with Crippen LogP contribution in [-0.2, 0) is 11.3 Å². The number of hydrogen-bond acceptors (Lipinski definition) is 5. The predicted molar refractivity (Wildman–Crippen MR) is 95.6 cm³/mol. The van der Waals surface area contributed by atoms with Gasteiger partial charge in [-0.15, -0.1) is 11.3 Å². The lowest BCUT2D eigenvalue weighted by molar-refractivity contribution is -0.120. The Morgan fingerprint density at radius 1 is 1.24 bits per heavy atom. The number of carbonyl (C=O) groups is 2. The van der Waals surface area contributed by atoms with Gasteiger partial charge in [0.2, 0.25) is 11.3 Å². The fourth-order valence-corrected chi connectivity index (χ4v) is 3.06. The third-order valence-electron chi connectivity index (χ3n) is 3.57. The SMILES string of the molecule is Cc1ncc(CNC(=O)CNC(=O)c2c[nH]c3ccccc3c2=O)s1. The number of para-hydroxylation sites is 1. The number of fused-ring (bicyclic) bond motifs is 1. The van der Waals surface area contributed by atoms with E-state index in [-0.39, 0.29) is 23.4 Å². The van der Waals surface area contributed by atoms with Crippen molar-refractivity contribution in [1.82, 2.24) is 20.6 Å². The molecular weight excluding hydrogens is 340 g/mol. The molecule has 0 saturated carbocycles. The minimum Gasteiger partial charge on any atom is -0.360 e. The normalized spacial score (nSPS) is 10.6. The zero-order valence-corrected chi connectivity index (χ0v) is 14.3. The molecule has 0 spiro atoms. The average Bonchev–Trinajstić information content (AvgIpc) is 3.04. The molecule has 2 amide bonds. The highest BCUT2D eigenvalue weighted by molar-refractivity contribution is 7.11. The summed E-state index contributed by atoms with van der Waals surface area (Å²) in [5, 5.41) is 6.51. The van der Waals surface area contributed by atoms with Crippen LogP contribution in [-0.4, -0.2) is 28.3 Å². The maximum Gasteiger partial charge on any atom is 0.257 e. The smallest absolute Gasteiger partial charge is 0.257 e. The lowest BCUT2D eigenvalue weighted by Gasteiger charge is -2.06. The highest BCUT2D eigenvalue weighted by Crippen LogP contribution is 2.10. The van der Waals surface area contributed by atoms with E-state index in [9.17, 15) is 14.4 Å². The molecule has 0 aliphatic heterocycles. The van der Waals surface area contributed by atoms with Crippen LogP contribution in [0, 0.1) is 6.92 Å². The van der Waals surface area contributed by atoms with Crippen molar-refractivity contribution in [2.24, 2.45) is 0 Å². The van der Waals surface area contributed by atoms with Crippen LogP contribution in [0.3, 0.4) is 0 Å². The molecule has 0 unspecified atom stereocenters. The first kappa shape index (κ1) is 16.8. The summed E-state index contributed by atoms with van der Waals surface area (Å²) < 4.78 is 0. The molecule has 0 radical (unpaired) electrons. The van der Waals surface area contributed by atoms with Crippen LogP contribution in [0.25, 0.3) is 10.9 Å². The maximum atomic E-state index is 12.3. The van der Waals surface area contributed by atoms with E-state index < -0.39 is 5.91 Å². The minimum atomic E-state index is -0.587. The number of hydrogen-bond donors (Lipinski definition) is 3. The van der Waals surface area contributed by atoms with E-state index in [0.717, 1.165) is 9.88 Å². The number of nitrogens with zero attached hydrogens (tertiary/aromatic N) is 1. The average molecular weight is 356 g/mol. The summed E-state index contributed by atoms with van der Waals surface area (Å²) in [7, 11) is 0. The van der Waals surface area contributed by atoms with Crippen molar-refractivity contribution in [1.29, 1.82) is 0 Å². The highest BCUT2D eigenvalue weighted by atomic mass is 32.1. The summed E-state index contributed by atoms with van der Waals surface area (Å²) >= 11 is 1.50. The number of aromatic nitrogens is 2. The number of H-pyrrole nitrogens is 1. The molecule has 7 nitrogen and oxygen atoms in total. The Morgan fingerprint density at radius 2 is 2.04 bits per heavy atom. The van der Waals surface area contributed by atoms with Gasteiger partial charge in [-0.2, -0.15) is 0 Å². The van der Waals surface area contributed by atoms with E-state index in [1.807, 2.05) is 6.92 Å². The van der Waals surface area contributed by atoms with E-state index in [2.05, 4.69) is 20.6 Å². The summed E-state index contributed by atoms with van der Waals surface area (Å²) in [6.07, 6.45) is 3.06. The molecule has 0 fully saturated rings. The maximum absolute atomic E-state index is 12.3. The second-order valence-corrected chi connectivity index (χ2v) is 6.70. The van der Waals surface area contributed by atoms with Gasteiger partial charge in [-0.1, -0.05) is 12.1 Å². The van der Waals surface area contributed by atoms with E-state index in [0.29, 0.717) is 17.4 Å². The minimum absolute atomic E-state index is 0.0235. The predicted octanol–water partition coefficient (Wildman–Crippen LogP) is 1.34. The second-order valence-electron chi connectivity index (χ2n) is 5.38. The number of amides is 2. The fraction of sp³-hybridized carbons (Fsp3) is 0.176. The second kappa shape index (κ2) is 7.27. The van der Waals surface area contributed by atoms with E-state index in [1.165, 1.54) is 17.5 Å². The summed E-state index contributed by atoms with van der Waals surface area (Å²) in [5.74, 6) is -0.924. The lowest BCUT2D eigenvalue weighted by Crippen LogP contribution is -2.38. The third kappa shape index (κ3) is 3.92. The number of aromatic amines is 1. The number of pyridine rings is 1. The van der Waals surface area contributed by atoms with Gasteiger partial charge >= 0.3 is 0 Å². The Hall–Kier alpha value is -3.00. The van der Waals surface area contributed by atoms with Gasteiger partial charge in [0.05, 0.1) is 18.1 Å². The topological polar surface area (TPSA) is 104 Å². The van der Waals surface area contributed by atoms with Gasteiger partial charge in [0.1, 0.15) is 5.56 Å². The first-order chi connectivity index (χ1) is 12.0. The first-order valence-corrected chi connectivity index (χ1v) is 8.43. The van der Waals surface area contributed by atoms with Crippen molar-refractivity contribution >= 4 is 34.1 Å². The summed E-state index contributed by atoms with van der Waals surface area (Å²) in [4.78, 5) is 44.3. The van der Waals surface area contributed by atoms with Crippen molar-refractivity contribution in [3.63, 3.8) is 0 Å². The van der Waals surface area contributed by atoms with Crippen LogP contribution < -0.4 is 16.1 Å². The molecule has 0 atom stereocenters. The number of thiazole rings is 1. The van der Waals surface area contributed by atoms with E-state index >= 15 is 0 Å². The van der Waals surface area contributed by atoms with Crippen molar-refractivity contribution in [3.05, 3.63) is 62.3 Å². The zero-order valence-electron chi connectivity index (χ0n) is 13.5. The van der Waals surface area contributed by atoms with Crippen molar-refractivity contribution in [2.75, 3.05) is 6.54 Å². The molecule has 2 heterocycles. The Balaban J connectivity index is 1.60.